The fraction of sp³-hybridized carbons (Fsp3) is 0.650. The highest BCUT2D eigenvalue weighted by Crippen LogP contribution is 2.18. The van der Waals surface area contributed by atoms with Crippen molar-refractivity contribution in [3.8, 4) is 0 Å². The molecule has 1 N–H and O–H groups in total. The predicted octanol–water partition coefficient (Wildman–Crippen LogP) is 4.15. The number of rotatable bonds is 9. The molecular formula is C20H31NO2. The van der Waals surface area contributed by atoms with E-state index in [0.29, 0.717) is 0 Å². The average molecular weight is 317 g/mol. The Hall–Kier alpha value is -1.35. The summed E-state index contributed by atoms with van der Waals surface area (Å²) in [6.07, 6.45) is 9.13. The fourth-order valence-electron chi connectivity index (χ4n) is 3.32. The van der Waals surface area contributed by atoms with E-state index >= 15 is 0 Å². The van der Waals surface area contributed by atoms with Gasteiger partial charge in [-0.25, -0.2) is 0 Å². The zero-order valence-electron chi connectivity index (χ0n) is 14.5. The molecule has 0 aromatic heterocycles. The van der Waals surface area contributed by atoms with E-state index in [1.807, 2.05) is 0 Å². The number of carbonyl (C=O) groups is 1. The Labute approximate surface area is 140 Å². The number of hydrogen-bond donors (Lipinski definition) is 1. The van der Waals surface area contributed by atoms with Crippen LogP contribution in [0.15, 0.2) is 24.3 Å². The topological polar surface area (TPSA) is 40.5 Å². The Morgan fingerprint density at radius 1 is 1.04 bits per heavy atom. The number of likely N-dealkylation sites (tertiary alicyclic amines) is 1. The van der Waals surface area contributed by atoms with Crippen LogP contribution in [0.1, 0.15) is 56.6 Å². The van der Waals surface area contributed by atoms with E-state index in [9.17, 15) is 4.79 Å². The summed E-state index contributed by atoms with van der Waals surface area (Å²) in [5, 5.41) is 9.03. The third-order valence-electron chi connectivity index (χ3n) is 5.00. The molecule has 0 amide bonds. The first-order chi connectivity index (χ1) is 11.2. The number of carboxylic acid groups (broad SMARTS) is 1. The minimum atomic E-state index is -0.626. The summed E-state index contributed by atoms with van der Waals surface area (Å²) in [4.78, 5) is 13.4. The summed E-state index contributed by atoms with van der Waals surface area (Å²) in [5.41, 5.74) is 2.84. The van der Waals surface area contributed by atoms with Crippen LogP contribution in [0.2, 0.25) is 0 Å². The summed E-state index contributed by atoms with van der Waals surface area (Å²) in [7, 11) is 0. The van der Waals surface area contributed by atoms with Crippen molar-refractivity contribution in [1.29, 1.82) is 0 Å². The van der Waals surface area contributed by atoms with Crippen molar-refractivity contribution in [3.63, 3.8) is 0 Å². The molecular weight excluding hydrogens is 286 g/mol. The van der Waals surface area contributed by atoms with Crippen LogP contribution in [-0.4, -0.2) is 35.6 Å². The molecule has 0 bridgehead atoms. The Balaban J connectivity index is 1.67. The molecule has 1 heterocycles. The smallest absolute Gasteiger partial charge is 0.306 e. The molecule has 128 valence electrons. The van der Waals surface area contributed by atoms with Crippen molar-refractivity contribution in [2.45, 2.75) is 58.3 Å². The minimum absolute atomic E-state index is 0.127. The first-order valence-corrected chi connectivity index (χ1v) is 9.22. The molecule has 1 aromatic rings. The summed E-state index contributed by atoms with van der Waals surface area (Å²) in [6, 6.07) is 9.08. The molecule has 0 aliphatic carbocycles. The number of carboxylic acids is 1. The van der Waals surface area contributed by atoms with E-state index in [2.05, 4.69) is 36.1 Å². The molecule has 0 radical (unpaired) electrons. The van der Waals surface area contributed by atoms with Crippen LogP contribution in [0.4, 0.5) is 0 Å². The average Bonchev–Trinajstić information content (AvgIpc) is 2.58. The van der Waals surface area contributed by atoms with Gasteiger partial charge < -0.3 is 10.0 Å². The zero-order valence-corrected chi connectivity index (χ0v) is 14.5. The maximum Gasteiger partial charge on any atom is 0.306 e. The minimum Gasteiger partial charge on any atom is -0.481 e. The van der Waals surface area contributed by atoms with E-state index in [-0.39, 0.29) is 5.92 Å². The van der Waals surface area contributed by atoms with E-state index in [1.165, 1.54) is 43.2 Å². The van der Waals surface area contributed by atoms with E-state index < -0.39 is 5.97 Å². The normalized spacial score (nSPS) is 16.6. The lowest BCUT2D eigenvalue weighted by molar-refractivity contribution is -0.143. The second-order valence-corrected chi connectivity index (χ2v) is 6.83. The number of hydrogen-bond acceptors (Lipinski definition) is 2. The third kappa shape index (κ3) is 6.34. The lowest BCUT2D eigenvalue weighted by Crippen LogP contribution is -2.37. The van der Waals surface area contributed by atoms with Gasteiger partial charge in [0.1, 0.15) is 0 Å². The van der Waals surface area contributed by atoms with Gasteiger partial charge in [0.05, 0.1) is 5.92 Å². The van der Waals surface area contributed by atoms with Gasteiger partial charge in [0, 0.05) is 6.54 Å². The maximum absolute atomic E-state index is 11.0. The van der Waals surface area contributed by atoms with Gasteiger partial charge in [-0.05, 0) is 56.3 Å². The third-order valence-corrected chi connectivity index (χ3v) is 5.00. The highest BCUT2D eigenvalue weighted by atomic mass is 16.4. The van der Waals surface area contributed by atoms with Crippen molar-refractivity contribution in [2.24, 2.45) is 5.92 Å². The van der Waals surface area contributed by atoms with Crippen LogP contribution >= 0.6 is 0 Å². The Bertz CT molecular complexity index is 461. The van der Waals surface area contributed by atoms with Gasteiger partial charge in [-0.15, -0.1) is 0 Å². The van der Waals surface area contributed by atoms with Gasteiger partial charge in [-0.1, -0.05) is 50.5 Å². The van der Waals surface area contributed by atoms with Crippen molar-refractivity contribution >= 4 is 5.97 Å². The number of unbranched alkanes of at least 4 members (excludes halogenated alkanes) is 3. The van der Waals surface area contributed by atoms with E-state index in [0.717, 1.165) is 38.9 Å². The lowest BCUT2D eigenvalue weighted by Gasteiger charge is -2.29. The molecule has 1 aromatic carbocycles. The molecule has 1 aliphatic rings. The van der Waals surface area contributed by atoms with Crippen molar-refractivity contribution in [3.05, 3.63) is 35.4 Å². The van der Waals surface area contributed by atoms with E-state index in [4.69, 9.17) is 5.11 Å². The van der Waals surface area contributed by atoms with Crippen molar-refractivity contribution in [2.75, 3.05) is 19.6 Å². The van der Waals surface area contributed by atoms with Gasteiger partial charge in [0.2, 0.25) is 0 Å². The summed E-state index contributed by atoms with van der Waals surface area (Å²) < 4.78 is 0. The molecule has 0 atom stereocenters. The van der Waals surface area contributed by atoms with Gasteiger partial charge >= 0.3 is 5.97 Å². The molecule has 2 rings (SSSR count). The van der Waals surface area contributed by atoms with Crippen LogP contribution in [0, 0.1) is 5.92 Å². The van der Waals surface area contributed by atoms with Crippen LogP contribution in [0.5, 0.6) is 0 Å². The standard InChI is InChI=1S/C20H31NO2/c1-2-3-4-5-6-17-7-9-18(10-8-17)11-14-21-15-12-19(13-16-21)20(22)23/h7-10,19H,2-6,11-16H2,1H3,(H,22,23). The summed E-state index contributed by atoms with van der Waals surface area (Å²) in [6.45, 7) is 5.14. The van der Waals surface area contributed by atoms with Gasteiger partial charge in [-0.2, -0.15) is 0 Å². The van der Waals surface area contributed by atoms with Crippen LogP contribution < -0.4 is 0 Å². The molecule has 0 spiro atoms. The molecule has 0 unspecified atom stereocenters. The first kappa shape index (κ1) is 18.0. The Morgan fingerprint density at radius 2 is 1.65 bits per heavy atom. The lowest BCUT2D eigenvalue weighted by atomic mass is 9.97. The van der Waals surface area contributed by atoms with Gasteiger partial charge in [-0.3, -0.25) is 4.79 Å². The second-order valence-electron chi connectivity index (χ2n) is 6.83. The highest BCUT2D eigenvalue weighted by Gasteiger charge is 2.23. The maximum atomic E-state index is 11.0. The van der Waals surface area contributed by atoms with Gasteiger partial charge in [0.25, 0.3) is 0 Å². The number of aliphatic carboxylic acids is 1. The van der Waals surface area contributed by atoms with E-state index in [1.54, 1.807) is 0 Å². The number of nitrogens with zero attached hydrogens (tertiary/aromatic N) is 1. The number of aryl methyl sites for hydroxylation is 1. The molecule has 3 heteroatoms. The van der Waals surface area contributed by atoms with Gasteiger partial charge in [0.15, 0.2) is 0 Å². The summed E-state index contributed by atoms with van der Waals surface area (Å²) in [5.74, 6) is -0.752. The monoisotopic (exact) mass is 317 g/mol. The second kappa shape index (κ2) is 9.71. The van der Waals surface area contributed by atoms with Crippen molar-refractivity contribution < 1.29 is 9.90 Å². The highest BCUT2D eigenvalue weighted by molar-refractivity contribution is 5.70. The molecule has 1 fully saturated rings. The van der Waals surface area contributed by atoms with Crippen LogP contribution in [0.25, 0.3) is 0 Å². The number of benzene rings is 1. The first-order valence-electron chi connectivity index (χ1n) is 9.22. The quantitative estimate of drug-likeness (QED) is 0.696. The largest absolute Gasteiger partial charge is 0.481 e. The summed E-state index contributed by atoms with van der Waals surface area (Å²) >= 11 is 0. The molecule has 1 aliphatic heterocycles. The van der Waals surface area contributed by atoms with Crippen LogP contribution in [-0.2, 0) is 17.6 Å². The predicted molar refractivity (Wildman–Crippen MR) is 94.8 cm³/mol. The van der Waals surface area contributed by atoms with Crippen LogP contribution in [0.3, 0.4) is 0 Å². The fourth-order valence-corrected chi connectivity index (χ4v) is 3.32. The molecule has 3 nitrogen and oxygen atoms in total. The molecule has 1 saturated heterocycles. The zero-order chi connectivity index (χ0) is 16.5. The van der Waals surface area contributed by atoms with Crippen molar-refractivity contribution in [1.82, 2.24) is 4.90 Å². The number of piperidine rings is 1. The molecule has 23 heavy (non-hydrogen) atoms. The Morgan fingerprint density at radius 3 is 2.22 bits per heavy atom. The molecule has 0 saturated carbocycles. The SMILES string of the molecule is CCCCCCc1ccc(CCN2CCC(C(=O)O)CC2)cc1. The Kier molecular flexibility index (Phi) is 7.60.